The summed E-state index contributed by atoms with van der Waals surface area (Å²) in [6, 6.07) is 18.2. The Morgan fingerprint density at radius 2 is 1.72 bits per heavy atom. The van der Waals surface area contributed by atoms with Gasteiger partial charge in [0.1, 0.15) is 0 Å². The minimum Gasteiger partial charge on any atom is -0.493 e. The fourth-order valence-electron chi connectivity index (χ4n) is 4.68. The van der Waals surface area contributed by atoms with Crippen LogP contribution in [0.5, 0.6) is 23.0 Å². The smallest absolute Gasteiger partial charge is 0.325 e. The summed E-state index contributed by atoms with van der Waals surface area (Å²) in [5.41, 5.74) is 3.73. The summed E-state index contributed by atoms with van der Waals surface area (Å²) in [7, 11) is 3.22. The fraction of sp³-hybridized carbons (Fsp3) is 0.259. The molecule has 9 nitrogen and oxygen atoms in total. The van der Waals surface area contributed by atoms with Crippen LogP contribution in [0, 0.1) is 0 Å². The largest absolute Gasteiger partial charge is 0.493 e. The van der Waals surface area contributed by atoms with Crippen LogP contribution in [0.15, 0.2) is 60.7 Å². The van der Waals surface area contributed by atoms with Crippen molar-refractivity contribution < 1.29 is 28.5 Å². The number of fused-ring (bicyclic) bond motifs is 2. The molecule has 5 rings (SSSR count). The number of methoxy groups -OCH3 is 2. The third-order valence-electron chi connectivity index (χ3n) is 6.32. The summed E-state index contributed by atoms with van der Waals surface area (Å²) in [6.45, 7) is 0.824. The predicted molar refractivity (Wildman–Crippen MR) is 133 cm³/mol. The number of ether oxygens (including phenoxy) is 4. The van der Waals surface area contributed by atoms with Crippen molar-refractivity contribution in [3.05, 3.63) is 77.4 Å². The van der Waals surface area contributed by atoms with Gasteiger partial charge in [-0.2, -0.15) is 0 Å². The maximum Gasteiger partial charge on any atom is 0.325 e. The van der Waals surface area contributed by atoms with Gasteiger partial charge in [0, 0.05) is 18.3 Å². The molecule has 0 saturated carbocycles. The highest BCUT2D eigenvalue weighted by Crippen LogP contribution is 2.41. The van der Waals surface area contributed by atoms with E-state index >= 15 is 0 Å². The van der Waals surface area contributed by atoms with Gasteiger partial charge in [-0.3, -0.25) is 15.0 Å². The van der Waals surface area contributed by atoms with E-state index in [1.807, 2.05) is 42.5 Å². The van der Waals surface area contributed by atoms with E-state index < -0.39 is 11.9 Å². The van der Waals surface area contributed by atoms with E-state index in [2.05, 4.69) is 15.5 Å². The molecule has 0 fully saturated rings. The zero-order valence-corrected chi connectivity index (χ0v) is 20.1. The molecule has 0 spiro atoms. The molecule has 3 aromatic carbocycles. The molecule has 2 heterocycles. The van der Waals surface area contributed by atoms with Crippen molar-refractivity contribution in [3.8, 4) is 23.0 Å². The average Bonchev–Trinajstić information content (AvgIpc) is 3.36. The highest BCUT2D eigenvalue weighted by molar-refractivity contribution is 6.02. The van der Waals surface area contributed by atoms with E-state index in [-0.39, 0.29) is 19.4 Å². The Kier molecular flexibility index (Phi) is 6.64. The second kappa shape index (κ2) is 10.2. The van der Waals surface area contributed by atoms with Gasteiger partial charge in [0.05, 0.1) is 26.8 Å². The molecule has 0 saturated heterocycles. The van der Waals surface area contributed by atoms with Gasteiger partial charge in [0.25, 0.3) is 0 Å². The van der Waals surface area contributed by atoms with Crippen molar-refractivity contribution in [2.75, 3.05) is 39.4 Å². The van der Waals surface area contributed by atoms with E-state index in [0.29, 0.717) is 35.2 Å². The van der Waals surface area contributed by atoms with Crippen molar-refractivity contribution in [1.82, 2.24) is 10.2 Å². The van der Waals surface area contributed by atoms with Crippen LogP contribution in [0.1, 0.15) is 22.7 Å². The molecule has 0 bridgehead atoms. The Bertz CT molecular complexity index is 1280. The number of carbonyl (C=O) groups excluding carboxylic acids is 2. The first kappa shape index (κ1) is 23.5. The lowest BCUT2D eigenvalue weighted by Gasteiger charge is -2.37. The van der Waals surface area contributed by atoms with Crippen molar-refractivity contribution in [1.29, 1.82) is 0 Å². The predicted octanol–water partition coefficient (Wildman–Crippen LogP) is 3.73. The Morgan fingerprint density at radius 1 is 0.972 bits per heavy atom. The molecule has 186 valence electrons. The molecule has 2 aliphatic rings. The number of benzene rings is 3. The standard InChI is InChI=1S/C27H27N3O6/c1-33-22-12-18-10-11-30(26(17-6-4-3-5-7-17)20(18)14-23(22)34-2)15-25(31)29-27(32)28-19-8-9-21-24(13-19)36-16-35-21/h3-9,12-14,26H,10-11,15-16H2,1-2H3,(H2,28,29,31,32). The van der Waals surface area contributed by atoms with Crippen LogP contribution in [0.25, 0.3) is 0 Å². The zero-order chi connectivity index (χ0) is 25.1. The van der Waals surface area contributed by atoms with E-state index in [1.165, 1.54) is 0 Å². The van der Waals surface area contributed by atoms with Crippen molar-refractivity contribution in [3.63, 3.8) is 0 Å². The number of nitrogens with zero attached hydrogens (tertiary/aromatic N) is 1. The lowest BCUT2D eigenvalue weighted by atomic mass is 9.87. The molecule has 2 aliphatic heterocycles. The summed E-state index contributed by atoms with van der Waals surface area (Å²) < 4.78 is 21.7. The summed E-state index contributed by atoms with van der Waals surface area (Å²) in [5.74, 6) is 2.06. The first-order valence-corrected chi connectivity index (χ1v) is 11.6. The Hall–Kier alpha value is -4.24. The second-order valence-electron chi connectivity index (χ2n) is 8.51. The van der Waals surface area contributed by atoms with E-state index in [4.69, 9.17) is 18.9 Å². The van der Waals surface area contributed by atoms with Crippen LogP contribution in [-0.4, -0.2) is 50.9 Å². The lowest BCUT2D eigenvalue weighted by Crippen LogP contribution is -2.45. The van der Waals surface area contributed by atoms with E-state index in [0.717, 1.165) is 23.1 Å². The average molecular weight is 490 g/mol. The van der Waals surface area contributed by atoms with Crippen molar-refractivity contribution in [2.24, 2.45) is 0 Å². The number of hydrogen-bond acceptors (Lipinski definition) is 7. The third-order valence-corrected chi connectivity index (χ3v) is 6.32. The molecule has 9 heteroatoms. The van der Waals surface area contributed by atoms with Crippen LogP contribution in [-0.2, 0) is 11.2 Å². The highest BCUT2D eigenvalue weighted by Gasteiger charge is 2.31. The first-order chi connectivity index (χ1) is 17.6. The third kappa shape index (κ3) is 4.78. The summed E-state index contributed by atoms with van der Waals surface area (Å²) >= 11 is 0. The Labute approximate surface area is 208 Å². The van der Waals surface area contributed by atoms with Gasteiger partial charge in [-0.25, -0.2) is 4.79 Å². The molecule has 0 aliphatic carbocycles. The Balaban J connectivity index is 1.33. The van der Waals surface area contributed by atoms with Gasteiger partial charge < -0.3 is 24.3 Å². The Morgan fingerprint density at radius 3 is 2.50 bits per heavy atom. The quantitative estimate of drug-likeness (QED) is 0.545. The van der Waals surface area contributed by atoms with Gasteiger partial charge >= 0.3 is 6.03 Å². The molecular weight excluding hydrogens is 462 g/mol. The highest BCUT2D eigenvalue weighted by atomic mass is 16.7. The van der Waals surface area contributed by atoms with Gasteiger partial charge in [0.2, 0.25) is 12.7 Å². The maximum atomic E-state index is 12.9. The molecule has 2 N–H and O–H groups in total. The number of anilines is 1. The van der Waals surface area contributed by atoms with Crippen LogP contribution in [0.4, 0.5) is 10.5 Å². The number of hydrogen-bond donors (Lipinski definition) is 2. The fourth-order valence-corrected chi connectivity index (χ4v) is 4.68. The van der Waals surface area contributed by atoms with Crippen molar-refractivity contribution in [2.45, 2.75) is 12.5 Å². The molecule has 0 aromatic heterocycles. The number of nitrogens with one attached hydrogen (secondary N) is 2. The van der Waals surface area contributed by atoms with Gasteiger partial charge in [-0.1, -0.05) is 30.3 Å². The maximum absolute atomic E-state index is 12.9. The zero-order valence-electron chi connectivity index (χ0n) is 20.1. The van der Waals surface area contributed by atoms with Crippen LogP contribution >= 0.6 is 0 Å². The molecule has 36 heavy (non-hydrogen) atoms. The van der Waals surface area contributed by atoms with E-state index in [1.54, 1.807) is 32.4 Å². The topological polar surface area (TPSA) is 98.4 Å². The molecule has 3 amide bonds. The summed E-state index contributed by atoms with van der Waals surface area (Å²) in [5, 5.41) is 5.10. The van der Waals surface area contributed by atoms with Crippen molar-refractivity contribution >= 4 is 17.6 Å². The lowest BCUT2D eigenvalue weighted by molar-refractivity contribution is -0.121. The first-order valence-electron chi connectivity index (χ1n) is 11.6. The molecule has 1 unspecified atom stereocenters. The second-order valence-corrected chi connectivity index (χ2v) is 8.51. The van der Waals surface area contributed by atoms with Crippen LogP contribution < -0.4 is 29.6 Å². The molecular formula is C27H27N3O6. The van der Waals surface area contributed by atoms with Gasteiger partial charge in [-0.15, -0.1) is 0 Å². The van der Waals surface area contributed by atoms with E-state index in [9.17, 15) is 9.59 Å². The number of urea groups is 1. The monoisotopic (exact) mass is 489 g/mol. The molecule has 3 aromatic rings. The van der Waals surface area contributed by atoms with Crippen LogP contribution in [0.2, 0.25) is 0 Å². The van der Waals surface area contributed by atoms with Gasteiger partial charge in [0.15, 0.2) is 23.0 Å². The van der Waals surface area contributed by atoms with Gasteiger partial charge in [-0.05, 0) is 47.4 Å². The number of rotatable bonds is 6. The van der Waals surface area contributed by atoms with Crippen LogP contribution in [0.3, 0.4) is 0 Å². The molecule has 1 atom stereocenters. The molecule has 0 radical (unpaired) electrons. The normalized spacial score (nSPS) is 16.1. The summed E-state index contributed by atoms with van der Waals surface area (Å²) in [4.78, 5) is 27.5. The SMILES string of the molecule is COc1cc2c(cc1OC)C(c1ccccc1)N(CC(=O)NC(=O)Nc1ccc3c(c1)OCO3)CC2. The number of imide groups is 1. The summed E-state index contributed by atoms with van der Waals surface area (Å²) in [6.07, 6.45) is 0.732. The minimum absolute atomic E-state index is 0.0436. The number of carbonyl (C=O) groups is 2. The number of amides is 3. The minimum atomic E-state index is -0.612.